The average Bonchev–Trinajstić information content (AvgIpc) is 2.40. The van der Waals surface area contributed by atoms with Gasteiger partial charge in [-0.1, -0.05) is 47.5 Å². The Hall–Kier alpha value is -1.82. The molecule has 0 amide bonds. The van der Waals surface area contributed by atoms with Crippen molar-refractivity contribution in [1.82, 2.24) is 0 Å². The molecule has 102 valence electrons. The largest absolute Gasteiger partial charge is 0.298 e. The Bertz CT molecular complexity index is 620. The number of nitrogens with zero attached hydrogens (tertiary/aromatic N) is 1. The highest BCUT2D eigenvalue weighted by Gasteiger charge is 2.00. The molecular formula is C16H13Cl2NO. The van der Waals surface area contributed by atoms with E-state index in [1.165, 1.54) is 0 Å². The lowest BCUT2D eigenvalue weighted by molar-refractivity contribution is 0.112. The third-order valence-electron chi connectivity index (χ3n) is 2.72. The number of nitriles is 1. The minimum absolute atomic E-state index is 0.523. The van der Waals surface area contributed by atoms with Crippen molar-refractivity contribution >= 4 is 29.5 Å². The van der Waals surface area contributed by atoms with Gasteiger partial charge in [-0.25, -0.2) is 0 Å². The van der Waals surface area contributed by atoms with E-state index in [1.807, 2.05) is 44.2 Å². The maximum absolute atomic E-state index is 10.4. The highest BCUT2D eigenvalue weighted by atomic mass is 35.5. The number of hydrogen-bond donors (Lipinski definition) is 0. The van der Waals surface area contributed by atoms with Crippen molar-refractivity contribution in [2.24, 2.45) is 0 Å². The Morgan fingerprint density at radius 2 is 1.55 bits per heavy atom. The lowest BCUT2D eigenvalue weighted by Crippen LogP contribution is -1.85. The van der Waals surface area contributed by atoms with Gasteiger partial charge in [0.25, 0.3) is 0 Å². The molecule has 4 heteroatoms. The second-order valence-electron chi connectivity index (χ2n) is 4.13. The SMILES string of the molecule is Cc1cccc(Cl)c1C#N.Cc1cccc(Cl)c1C=O. The molecule has 0 saturated heterocycles. The van der Waals surface area contributed by atoms with Crippen molar-refractivity contribution in [3.63, 3.8) is 0 Å². The van der Waals surface area contributed by atoms with Gasteiger partial charge in [0.15, 0.2) is 6.29 Å². The molecule has 0 radical (unpaired) electrons. The van der Waals surface area contributed by atoms with E-state index >= 15 is 0 Å². The van der Waals surface area contributed by atoms with Gasteiger partial charge in [0.05, 0.1) is 15.6 Å². The third kappa shape index (κ3) is 4.09. The van der Waals surface area contributed by atoms with E-state index < -0.39 is 0 Å². The molecule has 0 aromatic heterocycles. The Morgan fingerprint density at radius 3 is 1.90 bits per heavy atom. The van der Waals surface area contributed by atoms with Gasteiger partial charge in [0.1, 0.15) is 6.07 Å². The van der Waals surface area contributed by atoms with Crippen LogP contribution in [0.1, 0.15) is 27.0 Å². The first-order chi connectivity index (χ1) is 9.51. The summed E-state index contributed by atoms with van der Waals surface area (Å²) in [5, 5.41) is 9.62. The molecule has 0 N–H and O–H groups in total. The third-order valence-corrected chi connectivity index (χ3v) is 3.37. The van der Waals surface area contributed by atoms with Crippen LogP contribution in [0, 0.1) is 25.2 Å². The number of hydrogen-bond acceptors (Lipinski definition) is 2. The first-order valence-electron chi connectivity index (χ1n) is 5.86. The fourth-order valence-electron chi connectivity index (χ4n) is 1.57. The summed E-state index contributed by atoms with van der Waals surface area (Å²) in [6.45, 7) is 3.72. The average molecular weight is 306 g/mol. The predicted octanol–water partition coefficient (Wildman–Crippen LogP) is 4.98. The molecule has 0 aliphatic heterocycles. The van der Waals surface area contributed by atoms with Crippen LogP contribution in [0.15, 0.2) is 36.4 Å². The standard InChI is InChI=1S/C8H6ClN.C8H7ClO/c2*1-6-3-2-4-8(9)7(6)5-10/h2-4H,1H3;2-5H,1H3. The maximum atomic E-state index is 10.4. The van der Waals surface area contributed by atoms with Crippen LogP contribution >= 0.6 is 23.2 Å². The number of carbonyl (C=O) groups excluding carboxylic acids is 1. The zero-order valence-electron chi connectivity index (χ0n) is 11.2. The summed E-state index contributed by atoms with van der Waals surface area (Å²) < 4.78 is 0. The van der Waals surface area contributed by atoms with Crippen LogP contribution in [0.25, 0.3) is 0 Å². The van der Waals surface area contributed by atoms with E-state index in [0.717, 1.165) is 17.4 Å². The predicted molar refractivity (Wildman–Crippen MR) is 82.5 cm³/mol. The first-order valence-corrected chi connectivity index (χ1v) is 6.62. The second kappa shape index (κ2) is 7.69. The van der Waals surface area contributed by atoms with E-state index in [9.17, 15) is 4.79 Å². The molecule has 20 heavy (non-hydrogen) atoms. The summed E-state index contributed by atoms with van der Waals surface area (Å²) in [4.78, 5) is 10.4. The van der Waals surface area contributed by atoms with Crippen LogP contribution in [0.2, 0.25) is 10.0 Å². The molecule has 2 aromatic rings. The maximum Gasteiger partial charge on any atom is 0.151 e. The highest BCUT2D eigenvalue weighted by molar-refractivity contribution is 6.33. The zero-order chi connectivity index (χ0) is 15.1. The molecule has 0 heterocycles. The fourth-order valence-corrected chi connectivity index (χ4v) is 2.10. The Labute approximate surface area is 128 Å². The molecule has 0 atom stereocenters. The summed E-state index contributed by atoms with van der Waals surface area (Å²) in [6.07, 6.45) is 0.775. The van der Waals surface area contributed by atoms with Crippen LogP contribution in [-0.2, 0) is 0 Å². The second-order valence-corrected chi connectivity index (χ2v) is 4.95. The van der Waals surface area contributed by atoms with E-state index in [0.29, 0.717) is 21.2 Å². The Kier molecular flexibility index (Phi) is 6.24. The molecule has 0 fully saturated rings. The lowest BCUT2D eigenvalue weighted by Gasteiger charge is -1.97. The molecule has 0 spiro atoms. The van der Waals surface area contributed by atoms with E-state index in [4.69, 9.17) is 28.5 Å². The van der Waals surface area contributed by atoms with Gasteiger partial charge in [-0.3, -0.25) is 4.79 Å². The number of aryl methyl sites for hydroxylation is 2. The van der Waals surface area contributed by atoms with Gasteiger partial charge in [0.2, 0.25) is 0 Å². The lowest BCUT2D eigenvalue weighted by atomic mass is 10.1. The quantitative estimate of drug-likeness (QED) is 0.697. The summed E-state index contributed by atoms with van der Waals surface area (Å²) in [6, 6.07) is 12.8. The first kappa shape index (κ1) is 16.2. The zero-order valence-corrected chi connectivity index (χ0v) is 12.7. The number of benzene rings is 2. The number of carbonyl (C=O) groups is 1. The number of halogens is 2. The van der Waals surface area contributed by atoms with Gasteiger partial charge >= 0.3 is 0 Å². The highest BCUT2D eigenvalue weighted by Crippen LogP contribution is 2.17. The van der Waals surface area contributed by atoms with Crippen molar-refractivity contribution in [1.29, 1.82) is 5.26 Å². The van der Waals surface area contributed by atoms with E-state index in [2.05, 4.69) is 0 Å². The molecule has 0 bridgehead atoms. The van der Waals surface area contributed by atoms with Crippen molar-refractivity contribution in [3.8, 4) is 6.07 Å². The van der Waals surface area contributed by atoms with Gasteiger partial charge in [0, 0.05) is 5.56 Å². The van der Waals surface area contributed by atoms with Crippen molar-refractivity contribution in [3.05, 3.63) is 68.7 Å². The Morgan fingerprint density at radius 1 is 1.00 bits per heavy atom. The smallest absolute Gasteiger partial charge is 0.151 e. The molecule has 0 aliphatic carbocycles. The Balaban J connectivity index is 0.000000200. The molecule has 2 aromatic carbocycles. The van der Waals surface area contributed by atoms with Crippen molar-refractivity contribution < 1.29 is 4.79 Å². The molecule has 0 aliphatic rings. The topological polar surface area (TPSA) is 40.9 Å². The van der Waals surface area contributed by atoms with Gasteiger partial charge in [-0.05, 0) is 37.1 Å². The molecular weight excluding hydrogens is 293 g/mol. The van der Waals surface area contributed by atoms with Crippen molar-refractivity contribution in [2.45, 2.75) is 13.8 Å². The number of aldehydes is 1. The van der Waals surface area contributed by atoms with Crippen molar-refractivity contribution in [2.75, 3.05) is 0 Å². The van der Waals surface area contributed by atoms with Crippen LogP contribution in [0.3, 0.4) is 0 Å². The van der Waals surface area contributed by atoms with E-state index in [-0.39, 0.29) is 0 Å². The summed E-state index contributed by atoms with van der Waals surface area (Å²) in [5.41, 5.74) is 3.01. The van der Waals surface area contributed by atoms with Gasteiger partial charge < -0.3 is 0 Å². The molecule has 0 unspecified atom stereocenters. The van der Waals surface area contributed by atoms with Gasteiger partial charge in [-0.15, -0.1) is 0 Å². The molecule has 2 rings (SSSR count). The summed E-state index contributed by atoms with van der Waals surface area (Å²) >= 11 is 11.4. The number of rotatable bonds is 1. The summed E-state index contributed by atoms with van der Waals surface area (Å²) in [7, 11) is 0. The van der Waals surface area contributed by atoms with Gasteiger partial charge in [-0.2, -0.15) is 5.26 Å². The fraction of sp³-hybridized carbons (Fsp3) is 0.125. The normalized spacial score (nSPS) is 9.15. The van der Waals surface area contributed by atoms with Crippen LogP contribution in [0.4, 0.5) is 0 Å². The van der Waals surface area contributed by atoms with Crippen LogP contribution < -0.4 is 0 Å². The minimum atomic E-state index is 0.523. The molecule has 2 nitrogen and oxygen atoms in total. The van der Waals surface area contributed by atoms with Crippen LogP contribution in [-0.4, -0.2) is 6.29 Å². The molecule has 0 saturated carbocycles. The monoisotopic (exact) mass is 305 g/mol. The van der Waals surface area contributed by atoms with Crippen LogP contribution in [0.5, 0.6) is 0 Å². The minimum Gasteiger partial charge on any atom is -0.298 e. The van der Waals surface area contributed by atoms with E-state index in [1.54, 1.807) is 12.1 Å². The summed E-state index contributed by atoms with van der Waals surface area (Å²) in [5.74, 6) is 0.